The number of amides is 1. The number of halogens is 2. The van der Waals surface area contributed by atoms with Gasteiger partial charge in [-0.15, -0.1) is 17.0 Å². The van der Waals surface area contributed by atoms with Crippen LogP contribution in [0.2, 0.25) is 0 Å². The number of hydrogen-bond acceptors (Lipinski definition) is 3. The van der Waals surface area contributed by atoms with E-state index in [1.807, 2.05) is 13.0 Å². The highest BCUT2D eigenvalue weighted by molar-refractivity contribution is 8.93. The zero-order chi connectivity index (χ0) is 17.8. The SMILES string of the molecule is Br.Cc1cccc(NC(=O)c2ccc(-c3ccc(F)cc3)c(C#N)c2)n1. The average molecular weight is 412 g/mol. The van der Waals surface area contributed by atoms with Crippen molar-refractivity contribution < 1.29 is 9.18 Å². The minimum atomic E-state index is -0.347. The second-order valence-corrected chi connectivity index (χ2v) is 5.50. The van der Waals surface area contributed by atoms with Crippen molar-refractivity contribution in [2.24, 2.45) is 0 Å². The van der Waals surface area contributed by atoms with Crippen molar-refractivity contribution in [2.45, 2.75) is 6.92 Å². The number of nitriles is 1. The van der Waals surface area contributed by atoms with Crippen LogP contribution in [-0.2, 0) is 0 Å². The molecule has 0 atom stereocenters. The Hall–Kier alpha value is -3.04. The van der Waals surface area contributed by atoms with Gasteiger partial charge in [-0.25, -0.2) is 9.37 Å². The number of pyridine rings is 1. The molecule has 0 aliphatic heterocycles. The van der Waals surface area contributed by atoms with Gasteiger partial charge in [0.2, 0.25) is 0 Å². The minimum Gasteiger partial charge on any atom is -0.307 e. The summed E-state index contributed by atoms with van der Waals surface area (Å²) in [7, 11) is 0. The Morgan fingerprint density at radius 3 is 2.50 bits per heavy atom. The molecule has 2 aromatic carbocycles. The van der Waals surface area contributed by atoms with Crippen LogP contribution >= 0.6 is 17.0 Å². The molecule has 0 radical (unpaired) electrons. The van der Waals surface area contributed by atoms with Crippen molar-refractivity contribution in [1.82, 2.24) is 4.98 Å². The molecule has 6 heteroatoms. The minimum absolute atomic E-state index is 0. The standard InChI is InChI=1S/C20H14FN3O.BrH/c1-13-3-2-4-19(23-13)24-20(25)15-7-10-18(16(11-15)12-22)14-5-8-17(21)9-6-14;/h2-11H,1H3,(H,23,24,25);1H. The number of anilines is 1. The van der Waals surface area contributed by atoms with Crippen LogP contribution in [0.5, 0.6) is 0 Å². The fourth-order valence-electron chi connectivity index (χ4n) is 2.46. The van der Waals surface area contributed by atoms with Crippen LogP contribution in [0.4, 0.5) is 10.2 Å². The highest BCUT2D eigenvalue weighted by Gasteiger charge is 2.12. The number of carbonyl (C=O) groups excluding carboxylic acids is 1. The maximum Gasteiger partial charge on any atom is 0.256 e. The van der Waals surface area contributed by atoms with E-state index in [1.54, 1.807) is 36.4 Å². The van der Waals surface area contributed by atoms with Crippen LogP contribution in [0.25, 0.3) is 11.1 Å². The molecule has 0 spiro atoms. The zero-order valence-corrected chi connectivity index (χ0v) is 15.6. The number of rotatable bonds is 3. The lowest BCUT2D eigenvalue weighted by molar-refractivity contribution is 0.102. The van der Waals surface area contributed by atoms with E-state index in [0.29, 0.717) is 28.1 Å². The Morgan fingerprint density at radius 2 is 1.85 bits per heavy atom. The topological polar surface area (TPSA) is 65.8 Å². The van der Waals surface area contributed by atoms with Gasteiger partial charge >= 0.3 is 0 Å². The van der Waals surface area contributed by atoms with Crippen LogP contribution in [0.15, 0.2) is 60.7 Å². The summed E-state index contributed by atoms with van der Waals surface area (Å²) >= 11 is 0. The average Bonchev–Trinajstić information content (AvgIpc) is 2.62. The van der Waals surface area contributed by atoms with Gasteiger partial charge in [-0.1, -0.05) is 24.3 Å². The largest absolute Gasteiger partial charge is 0.307 e. The molecule has 0 saturated heterocycles. The zero-order valence-electron chi connectivity index (χ0n) is 13.9. The summed E-state index contributed by atoms with van der Waals surface area (Å²) in [4.78, 5) is 16.6. The lowest BCUT2D eigenvalue weighted by Gasteiger charge is -2.08. The van der Waals surface area contributed by atoms with Gasteiger partial charge in [0.15, 0.2) is 0 Å². The van der Waals surface area contributed by atoms with Crippen molar-refractivity contribution in [3.63, 3.8) is 0 Å². The summed E-state index contributed by atoms with van der Waals surface area (Å²) in [5.74, 6) is -0.240. The molecule has 0 saturated carbocycles. The van der Waals surface area contributed by atoms with Crippen LogP contribution in [0.3, 0.4) is 0 Å². The molecular formula is C20H15BrFN3O. The third kappa shape index (κ3) is 4.32. The van der Waals surface area contributed by atoms with Gasteiger partial charge in [0.05, 0.1) is 11.6 Å². The smallest absolute Gasteiger partial charge is 0.256 e. The molecule has 0 aliphatic rings. The van der Waals surface area contributed by atoms with Crippen molar-refractivity contribution in [3.05, 3.63) is 83.3 Å². The number of aromatic nitrogens is 1. The van der Waals surface area contributed by atoms with Gasteiger partial charge in [-0.3, -0.25) is 4.79 Å². The van der Waals surface area contributed by atoms with Gasteiger partial charge in [-0.2, -0.15) is 5.26 Å². The first-order valence-corrected chi connectivity index (χ1v) is 7.62. The third-order valence-electron chi connectivity index (χ3n) is 3.69. The summed E-state index contributed by atoms with van der Waals surface area (Å²) in [6.45, 7) is 1.83. The molecule has 130 valence electrons. The molecule has 0 fully saturated rings. The monoisotopic (exact) mass is 411 g/mol. The van der Waals surface area contributed by atoms with Crippen molar-refractivity contribution in [2.75, 3.05) is 5.32 Å². The molecule has 1 amide bonds. The summed E-state index contributed by atoms with van der Waals surface area (Å²) in [6, 6.07) is 18.1. The fourth-order valence-corrected chi connectivity index (χ4v) is 2.46. The van der Waals surface area contributed by atoms with Gasteiger partial charge in [0.25, 0.3) is 5.91 Å². The molecular weight excluding hydrogens is 397 g/mol. The van der Waals surface area contributed by atoms with Crippen LogP contribution < -0.4 is 5.32 Å². The van der Waals surface area contributed by atoms with Crippen molar-refractivity contribution >= 4 is 28.7 Å². The lowest BCUT2D eigenvalue weighted by atomic mass is 9.98. The third-order valence-corrected chi connectivity index (χ3v) is 3.69. The molecule has 26 heavy (non-hydrogen) atoms. The predicted octanol–water partition coefficient (Wildman–Crippen LogP) is 4.90. The van der Waals surface area contributed by atoms with E-state index >= 15 is 0 Å². The number of nitrogens with one attached hydrogen (secondary N) is 1. The molecule has 0 bridgehead atoms. The molecule has 0 unspecified atom stereocenters. The molecule has 1 aromatic heterocycles. The van der Waals surface area contributed by atoms with E-state index in [2.05, 4.69) is 16.4 Å². The Labute approximate surface area is 161 Å². The van der Waals surface area contributed by atoms with Crippen LogP contribution in [-0.4, -0.2) is 10.9 Å². The first-order chi connectivity index (χ1) is 12.1. The Kier molecular flexibility index (Phi) is 6.21. The van der Waals surface area contributed by atoms with E-state index in [1.165, 1.54) is 18.2 Å². The number of nitrogens with zero attached hydrogens (tertiary/aromatic N) is 2. The lowest BCUT2D eigenvalue weighted by Crippen LogP contribution is -2.13. The molecule has 1 heterocycles. The highest BCUT2D eigenvalue weighted by atomic mass is 79.9. The summed E-state index contributed by atoms with van der Waals surface area (Å²) in [5, 5.41) is 12.1. The van der Waals surface area contributed by atoms with E-state index in [0.717, 1.165) is 5.69 Å². The molecule has 4 nitrogen and oxygen atoms in total. The maximum absolute atomic E-state index is 13.1. The highest BCUT2D eigenvalue weighted by Crippen LogP contribution is 2.25. The van der Waals surface area contributed by atoms with Gasteiger partial charge < -0.3 is 5.32 Å². The second-order valence-electron chi connectivity index (χ2n) is 5.50. The second kappa shape index (κ2) is 8.37. The van der Waals surface area contributed by atoms with Crippen molar-refractivity contribution in [1.29, 1.82) is 5.26 Å². The van der Waals surface area contributed by atoms with E-state index in [-0.39, 0.29) is 28.7 Å². The molecule has 3 aromatic rings. The van der Waals surface area contributed by atoms with Crippen molar-refractivity contribution in [3.8, 4) is 17.2 Å². The Balaban J connectivity index is 0.00000243. The van der Waals surface area contributed by atoms with Gasteiger partial charge in [0.1, 0.15) is 11.6 Å². The van der Waals surface area contributed by atoms with E-state index < -0.39 is 0 Å². The number of carbonyl (C=O) groups is 1. The molecule has 1 N–H and O–H groups in total. The summed E-state index contributed by atoms with van der Waals surface area (Å²) < 4.78 is 13.1. The first-order valence-electron chi connectivity index (χ1n) is 7.62. The quantitative estimate of drug-likeness (QED) is 0.666. The normalized spacial score (nSPS) is 9.73. The molecule has 3 rings (SSSR count). The van der Waals surface area contributed by atoms with Crippen LogP contribution in [0, 0.1) is 24.1 Å². The predicted molar refractivity (Wildman–Crippen MR) is 104 cm³/mol. The number of aryl methyl sites for hydroxylation is 1. The first kappa shape index (κ1) is 19.3. The Morgan fingerprint density at radius 1 is 1.12 bits per heavy atom. The fraction of sp³-hybridized carbons (Fsp3) is 0.0500. The summed E-state index contributed by atoms with van der Waals surface area (Å²) in [5.41, 5.74) is 2.85. The van der Waals surface area contributed by atoms with E-state index in [4.69, 9.17) is 0 Å². The van der Waals surface area contributed by atoms with Gasteiger partial charge in [-0.05, 0) is 54.4 Å². The maximum atomic E-state index is 13.1. The molecule has 0 aliphatic carbocycles. The van der Waals surface area contributed by atoms with E-state index in [9.17, 15) is 14.4 Å². The summed E-state index contributed by atoms with van der Waals surface area (Å²) in [6.07, 6.45) is 0. The Bertz CT molecular complexity index is 981. The number of hydrogen-bond donors (Lipinski definition) is 1. The van der Waals surface area contributed by atoms with Gasteiger partial charge in [0, 0.05) is 11.3 Å². The van der Waals surface area contributed by atoms with Crippen LogP contribution in [0.1, 0.15) is 21.6 Å². The number of benzene rings is 2.